The maximum Gasteiger partial charge on any atom is 0.108 e. The molecule has 0 saturated carbocycles. The number of nitrogens with zero attached hydrogens (tertiary/aromatic N) is 3. The minimum absolute atomic E-state index is 0.529. The van der Waals surface area contributed by atoms with Gasteiger partial charge in [0.15, 0.2) is 0 Å². The van der Waals surface area contributed by atoms with E-state index in [0.717, 1.165) is 31.5 Å². The number of rotatable bonds is 11. The third kappa shape index (κ3) is 8.49. The van der Waals surface area contributed by atoms with Crippen molar-refractivity contribution in [2.24, 2.45) is 0 Å². The first-order valence-electron chi connectivity index (χ1n) is 10.4. The predicted octanol–water partition coefficient (Wildman–Crippen LogP) is 5.48. The summed E-state index contributed by atoms with van der Waals surface area (Å²) in [5.74, 6) is 0. The lowest BCUT2D eigenvalue weighted by Crippen LogP contribution is -2.00. The van der Waals surface area contributed by atoms with Crippen LogP contribution in [-0.2, 0) is 30.7 Å². The number of ether oxygens (including phenoxy) is 1. The highest BCUT2D eigenvalue weighted by Crippen LogP contribution is 2.07. The van der Waals surface area contributed by atoms with E-state index in [1.165, 1.54) is 24.0 Å². The SMILES string of the molecule is CC.c1ccc(CCCCCn2cc(COCCc3ccccc3)nn2)cc1. The van der Waals surface area contributed by atoms with Gasteiger partial charge in [0, 0.05) is 6.54 Å². The van der Waals surface area contributed by atoms with Gasteiger partial charge in [-0.3, -0.25) is 4.68 Å². The summed E-state index contributed by atoms with van der Waals surface area (Å²) in [6.45, 7) is 6.16. The molecule has 0 radical (unpaired) electrons. The van der Waals surface area contributed by atoms with Crippen molar-refractivity contribution >= 4 is 0 Å². The lowest BCUT2D eigenvalue weighted by molar-refractivity contribution is 0.121. The van der Waals surface area contributed by atoms with Crippen LogP contribution in [0.4, 0.5) is 0 Å². The van der Waals surface area contributed by atoms with Gasteiger partial charge in [-0.05, 0) is 36.8 Å². The number of unbranched alkanes of at least 4 members (excludes halogenated alkanes) is 2. The molecule has 3 aromatic rings. The average Bonchev–Trinajstić information content (AvgIpc) is 3.22. The van der Waals surface area contributed by atoms with Gasteiger partial charge < -0.3 is 4.74 Å². The Bertz CT molecular complexity index is 741. The van der Waals surface area contributed by atoms with Crippen molar-refractivity contribution in [3.05, 3.63) is 83.7 Å². The first-order chi connectivity index (χ1) is 13.9. The molecule has 0 aliphatic rings. The van der Waals surface area contributed by atoms with Crippen molar-refractivity contribution in [2.45, 2.75) is 59.1 Å². The molecule has 0 fully saturated rings. The molecule has 1 heterocycles. The number of aryl methyl sites for hydroxylation is 2. The van der Waals surface area contributed by atoms with E-state index < -0.39 is 0 Å². The first kappa shape index (κ1) is 21.8. The first-order valence-corrected chi connectivity index (χ1v) is 10.4. The summed E-state index contributed by atoms with van der Waals surface area (Å²) in [5.41, 5.74) is 3.62. The van der Waals surface area contributed by atoms with Crippen LogP contribution in [0.15, 0.2) is 66.9 Å². The van der Waals surface area contributed by atoms with Gasteiger partial charge in [0.1, 0.15) is 5.69 Å². The van der Waals surface area contributed by atoms with Crippen molar-refractivity contribution < 1.29 is 4.74 Å². The lowest BCUT2D eigenvalue weighted by Gasteiger charge is -2.03. The molecule has 0 saturated heterocycles. The minimum Gasteiger partial charge on any atom is -0.375 e. The van der Waals surface area contributed by atoms with Crippen LogP contribution in [0.1, 0.15) is 49.9 Å². The molecule has 4 heteroatoms. The van der Waals surface area contributed by atoms with Crippen molar-refractivity contribution in [3.8, 4) is 0 Å². The monoisotopic (exact) mass is 379 g/mol. The van der Waals surface area contributed by atoms with Crippen LogP contribution in [0.25, 0.3) is 0 Å². The third-order valence-corrected chi connectivity index (χ3v) is 4.41. The molecule has 0 amide bonds. The van der Waals surface area contributed by atoms with Crippen LogP contribution in [0.5, 0.6) is 0 Å². The summed E-state index contributed by atoms with van der Waals surface area (Å²) in [5, 5.41) is 8.39. The second-order valence-corrected chi connectivity index (χ2v) is 6.56. The number of hydrogen-bond donors (Lipinski definition) is 0. The van der Waals surface area contributed by atoms with E-state index in [1.54, 1.807) is 0 Å². The Balaban J connectivity index is 0.00000136. The molecule has 4 nitrogen and oxygen atoms in total. The van der Waals surface area contributed by atoms with Gasteiger partial charge in [0.25, 0.3) is 0 Å². The molecule has 28 heavy (non-hydrogen) atoms. The van der Waals surface area contributed by atoms with E-state index in [9.17, 15) is 0 Å². The largest absolute Gasteiger partial charge is 0.375 e. The fourth-order valence-electron chi connectivity index (χ4n) is 2.95. The molecule has 0 atom stereocenters. The second-order valence-electron chi connectivity index (χ2n) is 6.56. The quantitative estimate of drug-likeness (QED) is 0.414. The Kier molecular flexibility index (Phi) is 10.7. The van der Waals surface area contributed by atoms with Gasteiger partial charge in [0.2, 0.25) is 0 Å². The normalized spacial score (nSPS) is 10.4. The number of benzene rings is 2. The molecular weight excluding hydrogens is 346 g/mol. The topological polar surface area (TPSA) is 39.9 Å². The van der Waals surface area contributed by atoms with Crippen molar-refractivity contribution in [1.29, 1.82) is 0 Å². The van der Waals surface area contributed by atoms with Gasteiger partial charge in [-0.25, -0.2) is 0 Å². The van der Waals surface area contributed by atoms with E-state index in [4.69, 9.17) is 4.74 Å². The Morgan fingerprint density at radius 1 is 0.786 bits per heavy atom. The predicted molar refractivity (Wildman–Crippen MR) is 115 cm³/mol. The zero-order valence-corrected chi connectivity index (χ0v) is 17.3. The summed E-state index contributed by atoms with van der Waals surface area (Å²) in [4.78, 5) is 0. The number of aromatic nitrogens is 3. The summed E-state index contributed by atoms with van der Waals surface area (Å²) >= 11 is 0. The zero-order valence-electron chi connectivity index (χ0n) is 17.3. The van der Waals surface area contributed by atoms with Crippen LogP contribution in [0.2, 0.25) is 0 Å². The highest BCUT2D eigenvalue weighted by atomic mass is 16.5. The van der Waals surface area contributed by atoms with Crippen molar-refractivity contribution in [3.63, 3.8) is 0 Å². The van der Waals surface area contributed by atoms with Crippen LogP contribution < -0.4 is 0 Å². The molecule has 1 aromatic heterocycles. The fourth-order valence-corrected chi connectivity index (χ4v) is 2.95. The summed E-state index contributed by atoms with van der Waals surface area (Å²) < 4.78 is 7.64. The minimum atomic E-state index is 0.529. The van der Waals surface area contributed by atoms with Gasteiger partial charge in [-0.15, -0.1) is 5.10 Å². The molecule has 0 bridgehead atoms. The number of hydrogen-bond acceptors (Lipinski definition) is 3. The summed E-state index contributed by atoms with van der Waals surface area (Å²) in [6, 6.07) is 21.1. The average molecular weight is 380 g/mol. The van der Waals surface area contributed by atoms with Gasteiger partial charge in [-0.1, -0.05) is 86.1 Å². The molecule has 0 aliphatic heterocycles. The second kappa shape index (κ2) is 13.7. The van der Waals surface area contributed by atoms with Crippen LogP contribution in [0, 0.1) is 0 Å². The molecule has 3 rings (SSSR count). The zero-order chi connectivity index (χ0) is 19.9. The highest BCUT2D eigenvalue weighted by molar-refractivity contribution is 5.15. The smallest absolute Gasteiger partial charge is 0.108 e. The Morgan fingerprint density at radius 2 is 1.43 bits per heavy atom. The van der Waals surface area contributed by atoms with E-state index in [0.29, 0.717) is 13.2 Å². The Hall–Kier alpha value is -2.46. The van der Waals surface area contributed by atoms with E-state index in [2.05, 4.69) is 64.9 Å². The Morgan fingerprint density at radius 3 is 2.11 bits per heavy atom. The molecule has 0 unspecified atom stereocenters. The molecule has 0 N–H and O–H groups in total. The summed E-state index contributed by atoms with van der Waals surface area (Å²) in [6.07, 6.45) is 7.63. The molecular formula is C24H33N3O. The fraction of sp³-hybridized carbons (Fsp3) is 0.417. The van der Waals surface area contributed by atoms with Crippen molar-refractivity contribution in [2.75, 3.05) is 6.61 Å². The van der Waals surface area contributed by atoms with E-state index in [-0.39, 0.29) is 0 Å². The molecule has 150 valence electrons. The maximum atomic E-state index is 5.71. The van der Waals surface area contributed by atoms with Crippen molar-refractivity contribution in [1.82, 2.24) is 15.0 Å². The molecule has 0 spiro atoms. The molecule has 0 aliphatic carbocycles. The third-order valence-electron chi connectivity index (χ3n) is 4.41. The highest BCUT2D eigenvalue weighted by Gasteiger charge is 2.02. The van der Waals surface area contributed by atoms with Crippen LogP contribution in [-0.4, -0.2) is 21.6 Å². The standard InChI is InChI=1S/C22H27N3O.C2H6/c1-4-10-20(11-5-1)12-8-3-9-16-25-18-22(23-24-25)19-26-17-15-21-13-6-2-7-14-21;1-2/h1-2,4-7,10-11,13-14,18H,3,8-9,12,15-17,19H2;1-2H3. The maximum absolute atomic E-state index is 5.71. The van der Waals surface area contributed by atoms with Gasteiger partial charge in [-0.2, -0.15) is 0 Å². The summed E-state index contributed by atoms with van der Waals surface area (Å²) in [7, 11) is 0. The van der Waals surface area contributed by atoms with Crippen LogP contribution >= 0.6 is 0 Å². The van der Waals surface area contributed by atoms with Gasteiger partial charge in [0.05, 0.1) is 19.4 Å². The lowest BCUT2D eigenvalue weighted by atomic mass is 10.1. The molecule has 2 aromatic carbocycles. The Labute approximate surface area is 169 Å². The van der Waals surface area contributed by atoms with E-state index in [1.807, 2.05) is 30.8 Å². The van der Waals surface area contributed by atoms with Crippen LogP contribution in [0.3, 0.4) is 0 Å². The van der Waals surface area contributed by atoms with Gasteiger partial charge >= 0.3 is 0 Å². The van der Waals surface area contributed by atoms with E-state index >= 15 is 0 Å².